The van der Waals surface area contributed by atoms with Gasteiger partial charge in [-0.1, -0.05) is 61.5 Å². The number of Topliss-reactive ketones (excluding diaryl/α,β-unsaturated/α-hetero) is 1. The first kappa shape index (κ1) is 52.4. The van der Waals surface area contributed by atoms with E-state index in [2.05, 4.69) is 0 Å². The highest BCUT2D eigenvalue weighted by Crippen LogP contribution is 2.48. The van der Waals surface area contributed by atoms with E-state index in [0.29, 0.717) is 19.3 Å². The van der Waals surface area contributed by atoms with E-state index in [9.17, 15) is 38.7 Å². The van der Waals surface area contributed by atoms with Gasteiger partial charge in [-0.05, 0) is 69.3 Å². The topological polar surface area (TPSA) is 204 Å². The third-order valence-corrected chi connectivity index (χ3v) is 10.4. The van der Waals surface area contributed by atoms with Crippen LogP contribution in [-0.2, 0) is 66.7 Å². The van der Waals surface area contributed by atoms with Crippen molar-refractivity contribution in [2.75, 3.05) is 6.61 Å². The van der Waals surface area contributed by atoms with Crippen molar-refractivity contribution in [1.29, 1.82) is 0 Å². The third kappa shape index (κ3) is 17.4. The summed E-state index contributed by atoms with van der Waals surface area (Å²) < 4.78 is 42.7. The van der Waals surface area contributed by atoms with Crippen molar-refractivity contribution >= 4 is 41.4 Å². The third-order valence-electron chi connectivity index (χ3n) is 10.4. The summed E-state index contributed by atoms with van der Waals surface area (Å²) in [5.74, 6) is -9.87. The molecule has 0 amide bonds. The molecule has 11 atom stereocenters. The van der Waals surface area contributed by atoms with E-state index in [1.54, 1.807) is 20.8 Å². The Morgan fingerprint density at radius 3 is 1.90 bits per heavy atom. The van der Waals surface area contributed by atoms with E-state index >= 15 is 0 Å². The number of hydrogen-bond acceptors (Lipinski definition) is 15. The monoisotopic (exact) mass is 852 g/mol. The summed E-state index contributed by atoms with van der Waals surface area (Å²) in [6.07, 6.45) is -2.60. The lowest BCUT2D eigenvalue weighted by atomic mass is 9.78. The van der Waals surface area contributed by atoms with Crippen molar-refractivity contribution in [1.82, 2.24) is 0 Å². The molecule has 15 nitrogen and oxygen atoms in total. The molecule has 0 saturated carbocycles. The van der Waals surface area contributed by atoms with Gasteiger partial charge >= 0.3 is 29.8 Å². The molecule has 342 valence electrons. The van der Waals surface area contributed by atoms with Crippen LogP contribution in [0, 0.1) is 35.5 Å². The molecule has 0 aromatic heterocycles. The van der Waals surface area contributed by atoms with Crippen LogP contribution in [0.25, 0.3) is 0 Å². The minimum absolute atomic E-state index is 0.0331. The molecule has 2 rings (SSSR count). The molecule has 60 heavy (non-hydrogen) atoms. The van der Waals surface area contributed by atoms with Gasteiger partial charge in [-0.3, -0.25) is 33.6 Å². The molecular formula is C45H72O15. The molecule has 0 aromatic carbocycles. The number of ether oxygens (including phenoxy) is 7. The summed E-state index contributed by atoms with van der Waals surface area (Å²) in [7, 11) is 0. The number of carbonyl (C=O) groups excluding carboxylic acids is 7. The van der Waals surface area contributed by atoms with Crippen LogP contribution in [-0.4, -0.2) is 95.2 Å². The number of aliphatic hydroxyl groups is 1. The highest BCUT2D eigenvalue weighted by Gasteiger charge is 2.55. The van der Waals surface area contributed by atoms with Crippen molar-refractivity contribution in [2.24, 2.45) is 35.5 Å². The van der Waals surface area contributed by atoms with Crippen molar-refractivity contribution in [3.8, 4) is 0 Å². The van der Waals surface area contributed by atoms with Crippen LogP contribution in [0.3, 0.4) is 0 Å². The zero-order chi connectivity index (χ0) is 45.5. The Balaban J connectivity index is 2.81. The van der Waals surface area contributed by atoms with Crippen LogP contribution < -0.4 is 0 Å². The Kier molecular flexibility index (Phi) is 21.0. The minimum Gasteiger partial charge on any atom is -0.466 e. The van der Waals surface area contributed by atoms with E-state index in [1.807, 2.05) is 41.5 Å². The number of carbonyl (C=O) groups is 7. The smallest absolute Gasteiger partial charge is 0.316 e. The molecule has 2 heterocycles. The number of allylic oxidation sites excluding steroid dienone is 1. The van der Waals surface area contributed by atoms with Crippen molar-refractivity contribution in [2.45, 2.75) is 189 Å². The Labute approximate surface area is 356 Å². The summed E-state index contributed by atoms with van der Waals surface area (Å²) in [4.78, 5) is 91.1. The Hall–Kier alpha value is -3.69. The van der Waals surface area contributed by atoms with Crippen molar-refractivity contribution in [3.05, 3.63) is 12.2 Å². The fraction of sp³-hybridized carbons (Fsp3) is 0.800. The standard InChI is InChI=1S/C45H72O15/c1-13-37(49)56-34(17-15-16-31(10)46)40(43(52)54-14-2)42(55-33(12)48)35(57-38(50)18-26(3)4)21-30(9)41(58-39(51)19-27(5)6)36-20-28(7)23-45(59-36)24-29(8)22-44(53,60-45)25-32(11)47/h15-16,26-30,34-36,40-42,53H,13-14,17-25H2,1-12H3/b16-15+/t28-,29+,30-,34-,35+,36-,40-,41-,42-,44-,45-/m0/s1. The molecule has 0 aliphatic carbocycles. The molecule has 1 spiro atoms. The highest BCUT2D eigenvalue weighted by molar-refractivity contribution is 5.87. The Bertz CT molecular complexity index is 1500. The van der Waals surface area contributed by atoms with Gasteiger partial charge in [-0.15, -0.1) is 0 Å². The summed E-state index contributed by atoms with van der Waals surface area (Å²) in [5.41, 5.74) is 0. The molecule has 2 fully saturated rings. The fourth-order valence-electron chi connectivity index (χ4n) is 8.44. The van der Waals surface area contributed by atoms with Gasteiger partial charge < -0.3 is 38.3 Å². The van der Waals surface area contributed by atoms with Crippen LogP contribution in [0.2, 0.25) is 0 Å². The van der Waals surface area contributed by atoms with Gasteiger partial charge in [0.25, 0.3) is 0 Å². The van der Waals surface area contributed by atoms with Gasteiger partial charge in [0.05, 0.1) is 19.1 Å². The second-order valence-electron chi connectivity index (χ2n) is 17.9. The second-order valence-corrected chi connectivity index (χ2v) is 17.9. The fourth-order valence-corrected chi connectivity index (χ4v) is 8.44. The lowest BCUT2D eigenvalue weighted by molar-refractivity contribution is -0.405. The van der Waals surface area contributed by atoms with Crippen LogP contribution in [0.4, 0.5) is 0 Å². The maximum Gasteiger partial charge on any atom is 0.316 e. The molecule has 0 bridgehead atoms. The Morgan fingerprint density at radius 2 is 1.37 bits per heavy atom. The van der Waals surface area contributed by atoms with Gasteiger partial charge in [0, 0.05) is 51.9 Å². The molecule has 2 aliphatic rings. The lowest BCUT2D eigenvalue weighted by Gasteiger charge is -2.53. The van der Waals surface area contributed by atoms with Crippen molar-refractivity contribution in [3.63, 3.8) is 0 Å². The largest absolute Gasteiger partial charge is 0.466 e. The summed E-state index contributed by atoms with van der Waals surface area (Å²) >= 11 is 0. The van der Waals surface area contributed by atoms with Crippen molar-refractivity contribution < 1.29 is 71.8 Å². The van der Waals surface area contributed by atoms with E-state index in [1.165, 1.54) is 26.0 Å². The van der Waals surface area contributed by atoms with Gasteiger partial charge in [-0.25, -0.2) is 0 Å². The second kappa shape index (κ2) is 24.1. The zero-order valence-electron chi connectivity index (χ0n) is 37.9. The molecule has 2 aliphatic heterocycles. The van der Waals surface area contributed by atoms with Crippen LogP contribution >= 0.6 is 0 Å². The van der Waals surface area contributed by atoms with Gasteiger partial charge in [0.2, 0.25) is 0 Å². The number of esters is 5. The normalized spacial score (nSPS) is 26.1. The molecule has 2 saturated heterocycles. The van der Waals surface area contributed by atoms with E-state index in [4.69, 9.17) is 33.2 Å². The predicted molar refractivity (Wildman–Crippen MR) is 218 cm³/mol. The summed E-state index contributed by atoms with van der Waals surface area (Å²) in [6, 6.07) is 0. The first-order valence-electron chi connectivity index (χ1n) is 21.6. The van der Waals surface area contributed by atoms with Gasteiger partial charge in [0.1, 0.15) is 30.0 Å². The maximum atomic E-state index is 14.0. The first-order chi connectivity index (χ1) is 27.9. The predicted octanol–water partition coefficient (Wildman–Crippen LogP) is 6.52. The number of ketones is 2. The van der Waals surface area contributed by atoms with Gasteiger partial charge in [0.15, 0.2) is 23.5 Å². The van der Waals surface area contributed by atoms with E-state index < -0.39 is 83.8 Å². The van der Waals surface area contributed by atoms with E-state index in [0.717, 1.165) is 6.92 Å². The Morgan fingerprint density at radius 1 is 0.783 bits per heavy atom. The average Bonchev–Trinajstić information content (AvgIpc) is 3.07. The molecule has 0 radical (unpaired) electrons. The summed E-state index contributed by atoms with van der Waals surface area (Å²) in [6.45, 7) is 20.0. The number of rotatable bonds is 23. The first-order valence-corrected chi connectivity index (χ1v) is 21.6. The molecule has 0 aromatic rings. The lowest BCUT2D eigenvalue weighted by Crippen LogP contribution is -2.59. The maximum absolute atomic E-state index is 14.0. The molecular weight excluding hydrogens is 780 g/mol. The average molecular weight is 853 g/mol. The molecule has 15 heteroatoms. The van der Waals surface area contributed by atoms with Crippen LogP contribution in [0.5, 0.6) is 0 Å². The van der Waals surface area contributed by atoms with Crippen LogP contribution in [0.15, 0.2) is 12.2 Å². The highest BCUT2D eigenvalue weighted by atomic mass is 16.8. The molecule has 1 N–H and O–H groups in total. The molecule has 0 unspecified atom stereocenters. The zero-order valence-corrected chi connectivity index (χ0v) is 37.9. The SMILES string of the molecule is CCOC(=O)[C@H]([C@@H](OC(C)=O)[C@@H](C[C@H](C)[C@H](OC(=O)CC(C)C)[C@@H]1C[C@H](C)C[C@]2(C[C@H](C)C[C@@](O)(CC(C)=O)O2)O1)OC(=O)CC(C)C)[C@H](C/C=C/C(C)=O)OC(=O)CC. The van der Waals surface area contributed by atoms with Crippen LogP contribution in [0.1, 0.15) is 147 Å². The minimum atomic E-state index is -1.77. The number of hydrogen-bond donors (Lipinski definition) is 1. The van der Waals surface area contributed by atoms with Gasteiger partial charge in [-0.2, -0.15) is 0 Å². The van der Waals surface area contributed by atoms with E-state index in [-0.39, 0.29) is 86.8 Å². The summed E-state index contributed by atoms with van der Waals surface area (Å²) in [5, 5.41) is 11.5. The quantitative estimate of drug-likeness (QED) is 0.0660.